The summed E-state index contributed by atoms with van der Waals surface area (Å²) < 4.78 is 2.09. The fourth-order valence-electron chi connectivity index (χ4n) is 1.93. The molecule has 1 saturated carbocycles. The van der Waals surface area contributed by atoms with Gasteiger partial charge in [-0.3, -0.25) is 4.57 Å². The van der Waals surface area contributed by atoms with Crippen molar-refractivity contribution in [3.05, 3.63) is 42.0 Å². The van der Waals surface area contributed by atoms with Gasteiger partial charge in [-0.25, -0.2) is 0 Å². The van der Waals surface area contributed by atoms with E-state index in [-0.39, 0.29) is 0 Å². The van der Waals surface area contributed by atoms with Crippen molar-refractivity contribution in [2.45, 2.75) is 25.3 Å². The van der Waals surface area contributed by atoms with Gasteiger partial charge in [-0.15, -0.1) is 10.2 Å². The van der Waals surface area contributed by atoms with Crippen molar-refractivity contribution >= 4 is 0 Å². The van der Waals surface area contributed by atoms with Crippen molar-refractivity contribution in [2.75, 3.05) is 0 Å². The highest BCUT2D eigenvalue weighted by molar-refractivity contribution is 5.35. The molecule has 1 fully saturated rings. The summed E-state index contributed by atoms with van der Waals surface area (Å²) in [7, 11) is 0. The molecule has 0 amide bonds. The molecule has 16 heavy (non-hydrogen) atoms. The van der Waals surface area contributed by atoms with Gasteiger partial charge < -0.3 is 5.73 Å². The van der Waals surface area contributed by atoms with Gasteiger partial charge in [-0.2, -0.15) is 0 Å². The molecule has 4 nitrogen and oxygen atoms in total. The Hall–Kier alpha value is -1.68. The van der Waals surface area contributed by atoms with E-state index >= 15 is 0 Å². The number of rotatable bonds is 3. The summed E-state index contributed by atoms with van der Waals surface area (Å²) in [5, 5.41) is 8.42. The molecule has 0 atom stereocenters. The minimum atomic E-state index is 0.425. The molecule has 0 unspecified atom stereocenters. The molecule has 1 aliphatic carbocycles. The molecular formula is C12H14N4. The topological polar surface area (TPSA) is 56.7 Å². The van der Waals surface area contributed by atoms with Crippen LogP contribution in [0.2, 0.25) is 0 Å². The van der Waals surface area contributed by atoms with E-state index in [4.69, 9.17) is 5.73 Å². The first-order chi connectivity index (χ1) is 7.90. The molecule has 0 spiro atoms. The molecule has 2 N–H and O–H groups in total. The first-order valence-electron chi connectivity index (χ1n) is 5.60. The molecule has 1 aliphatic rings. The molecule has 0 aliphatic heterocycles. The molecule has 4 heteroatoms. The molecule has 1 heterocycles. The maximum atomic E-state index is 5.70. The number of benzene rings is 1. The van der Waals surface area contributed by atoms with E-state index in [1.54, 1.807) is 0 Å². The zero-order chi connectivity index (χ0) is 11.0. The summed E-state index contributed by atoms with van der Waals surface area (Å²) in [5.41, 5.74) is 6.80. The van der Waals surface area contributed by atoms with Crippen LogP contribution in [0.5, 0.6) is 0 Å². The number of para-hydroxylation sites is 1. The molecule has 3 rings (SSSR count). The SMILES string of the molecule is NCc1nnc(C2CC2)n1-c1ccccc1. The maximum absolute atomic E-state index is 5.70. The molecule has 2 aromatic rings. The second kappa shape index (κ2) is 3.72. The Bertz CT molecular complexity index is 485. The van der Waals surface area contributed by atoms with E-state index in [2.05, 4.69) is 26.9 Å². The average molecular weight is 214 g/mol. The Kier molecular flexibility index (Phi) is 2.22. The van der Waals surface area contributed by atoms with Crippen LogP contribution in [0.4, 0.5) is 0 Å². The molecule has 0 radical (unpaired) electrons. The zero-order valence-electron chi connectivity index (χ0n) is 9.00. The first kappa shape index (κ1) is 9.54. The Morgan fingerprint density at radius 3 is 2.56 bits per heavy atom. The third-order valence-corrected chi connectivity index (χ3v) is 2.89. The van der Waals surface area contributed by atoms with Crippen molar-refractivity contribution in [1.29, 1.82) is 0 Å². The standard InChI is InChI=1S/C12H14N4/c13-8-11-14-15-12(9-6-7-9)16(11)10-4-2-1-3-5-10/h1-5,9H,6-8,13H2. The monoisotopic (exact) mass is 214 g/mol. The van der Waals surface area contributed by atoms with Gasteiger partial charge in [0.05, 0.1) is 6.54 Å². The Labute approximate surface area is 94.1 Å². The van der Waals surface area contributed by atoms with Gasteiger partial charge in [0.1, 0.15) is 5.82 Å². The van der Waals surface area contributed by atoms with Crippen molar-refractivity contribution in [3.8, 4) is 5.69 Å². The predicted molar refractivity (Wildman–Crippen MR) is 61.2 cm³/mol. The van der Waals surface area contributed by atoms with Gasteiger partial charge in [0.25, 0.3) is 0 Å². The Morgan fingerprint density at radius 1 is 1.19 bits per heavy atom. The van der Waals surface area contributed by atoms with Gasteiger partial charge in [-0.05, 0) is 25.0 Å². The lowest BCUT2D eigenvalue weighted by Crippen LogP contribution is -2.08. The van der Waals surface area contributed by atoms with Crippen LogP contribution in [0, 0.1) is 0 Å². The van der Waals surface area contributed by atoms with E-state index in [0.717, 1.165) is 17.3 Å². The highest BCUT2D eigenvalue weighted by atomic mass is 15.3. The van der Waals surface area contributed by atoms with Crippen LogP contribution in [0.3, 0.4) is 0 Å². The Balaban J connectivity index is 2.13. The molecule has 82 valence electrons. The number of nitrogens with zero attached hydrogens (tertiary/aromatic N) is 3. The number of hydrogen-bond acceptors (Lipinski definition) is 3. The van der Waals surface area contributed by atoms with Gasteiger partial charge in [0.15, 0.2) is 5.82 Å². The number of hydrogen-bond donors (Lipinski definition) is 1. The van der Waals surface area contributed by atoms with Crippen LogP contribution >= 0.6 is 0 Å². The highest BCUT2D eigenvalue weighted by Crippen LogP contribution is 2.39. The lowest BCUT2D eigenvalue weighted by Gasteiger charge is -2.08. The third kappa shape index (κ3) is 1.51. The fourth-order valence-corrected chi connectivity index (χ4v) is 1.93. The second-order valence-corrected chi connectivity index (χ2v) is 4.12. The van der Waals surface area contributed by atoms with Gasteiger partial charge >= 0.3 is 0 Å². The number of aromatic nitrogens is 3. The van der Waals surface area contributed by atoms with Crippen molar-refractivity contribution in [3.63, 3.8) is 0 Å². The van der Waals surface area contributed by atoms with E-state index in [1.807, 2.05) is 18.2 Å². The average Bonchev–Trinajstić information content (AvgIpc) is 3.09. The van der Waals surface area contributed by atoms with E-state index in [1.165, 1.54) is 12.8 Å². The van der Waals surface area contributed by atoms with Crippen LogP contribution in [-0.4, -0.2) is 14.8 Å². The minimum Gasteiger partial charge on any atom is -0.324 e. The van der Waals surface area contributed by atoms with Crippen LogP contribution in [0.1, 0.15) is 30.4 Å². The summed E-state index contributed by atoms with van der Waals surface area (Å²) in [6.07, 6.45) is 2.44. The van der Waals surface area contributed by atoms with Gasteiger partial charge in [0.2, 0.25) is 0 Å². The molecular weight excluding hydrogens is 200 g/mol. The smallest absolute Gasteiger partial charge is 0.151 e. The van der Waals surface area contributed by atoms with Crippen molar-refractivity contribution in [1.82, 2.24) is 14.8 Å². The summed E-state index contributed by atoms with van der Waals surface area (Å²) in [6.45, 7) is 0.425. The summed E-state index contributed by atoms with van der Waals surface area (Å²) in [4.78, 5) is 0. The van der Waals surface area contributed by atoms with Crippen LogP contribution in [-0.2, 0) is 6.54 Å². The van der Waals surface area contributed by atoms with E-state index < -0.39 is 0 Å². The quantitative estimate of drug-likeness (QED) is 0.844. The predicted octanol–water partition coefficient (Wildman–Crippen LogP) is 1.60. The van der Waals surface area contributed by atoms with Crippen molar-refractivity contribution in [2.24, 2.45) is 5.73 Å². The van der Waals surface area contributed by atoms with Crippen LogP contribution in [0.15, 0.2) is 30.3 Å². The molecule has 1 aromatic heterocycles. The van der Waals surface area contributed by atoms with Crippen molar-refractivity contribution < 1.29 is 0 Å². The largest absolute Gasteiger partial charge is 0.324 e. The zero-order valence-corrected chi connectivity index (χ0v) is 9.00. The molecule has 0 bridgehead atoms. The highest BCUT2D eigenvalue weighted by Gasteiger charge is 2.30. The van der Waals surface area contributed by atoms with Crippen LogP contribution in [0.25, 0.3) is 5.69 Å². The maximum Gasteiger partial charge on any atom is 0.151 e. The third-order valence-electron chi connectivity index (χ3n) is 2.89. The Morgan fingerprint density at radius 2 is 1.94 bits per heavy atom. The van der Waals surface area contributed by atoms with Gasteiger partial charge in [-0.1, -0.05) is 18.2 Å². The summed E-state index contributed by atoms with van der Waals surface area (Å²) >= 11 is 0. The normalized spacial score (nSPS) is 15.3. The van der Waals surface area contributed by atoms with E-state index in [9.17, 15) is 0 Å². The summed E-state index contributed by atoms with van der Waals surface area (Å²) in [5.74, 6) is 2.48. The lowest BCUT2D eigenvalue weighted by atomic mass is 10.3. The second-order valence-electron chi connectivity index (χ2n) is 4.12. The van der Waals surface area contributed by atoms with Crippen LogP contribution < -0.4 is 5.73 Å². The summed E-state index contributed by atoms with van der Waals surface area (Å²) in [6, 6.07) is 10.2. The molecule has 0 saturated heterocycles. The van der Waals surface area contributed by atoms with E-state index in [0.29, 0.717) is 12.5 Å². The number of nitrogens with two attached hydrogens (primary N) is 1. The van der Waals surface area contributed by atoms with Gasteiger partial charge in [0, 0.05) is 11.6 Å². The fraction of sp³-hybridized carbons (Fsp3) is 0.333. The molecule has 1 aromatic carbocycles. The lowest BCUT2D eigenvalue weighted by molar-refractivity contribution is 0.825. The first-order valence-corrected chi connectivity index (χ1v) is 5.60. The minimum absolute atomic E-state index is 0.425.